The van der Waals surface area contributed by atoms with Gasteiger partial charge in [0.1, 0.15) is 11.8 Å². The van der Waals surface area contributed by atoms with Gasteiger partial charge in [-0.1, -0.05) is 47.6 Å². The van der Waals surface area contributed by atoms with Crippen LogP contribution in [-0.4, -0.2) is 34.4 Å². The molecule has 1 unspecified atom stereocenters. The van der Waals surface area contributed by atoms with E-state index in [-0.39, 0.29) is 28.1 Å². The summed E-state index contributed by atoms with van der Waals surface area (Å²) in [7, 11) is 0. The molecule has 2 rings (SSSR count). The molecule has 1 heterocycles. The standard InChI is InChI=1S/C21H32N2O3/c1-20(2,3)13-11-14(17(24)15(12-13)21(4,5)6)19(26)23-10-8-7-9-16(23)18(22)25/h11-12,16,24H,7-10H2,1-6H3,(H2,22,25). The number of piperidine rings is 1. The zero-order chi connectivity index (χ0) is 19.9. The maximum atomic E-state index is 13.3. The predicted molar refractivity (Wildman–Crippen MR) is 103 cm³/mol. The summed E-state index contributed by atoms with van der Waals surface area (Å²) < 4.78 is 0. The highest BCUT2D eigenvalue weighted by molar-refractivity contribution is 6.00. The number of phenols is 1. The molecule has 2 amide bonds. The van der Waals surface area contributed by atoms with Crippen LogP contribution in [0.4, 0.5) is 0 Å². The van der Waals surface area contributed by atoms with Crippen LogP contribution in [0.25, 0.3) is 0 Å². The Balaban J connectivity index is 2.60. The van der Waals surface area contributed by atoms with Gasteiger partial charge in [0, 0.05) is 12.1 Å². The summed E-state index contributed by atoms with van der Waals surface area (Å²) in [6.07, 6.45) is 2.28. The van der Waals surface area contributed by atoms with Crippen molar-refractivity contribution in [3.63, 3.8) is 0 Å². The van der Waals surface area contributed by atoms with Gasteiger partial charge in [0.05, 0.1) is 5.56 Å². The minimum absolute atomic E-state index is 0.00398. The third-order valence-electron chi connectivity index (χ3n) is 5.11. The lowest BCUT2D eigenvalue weighted by molar-refractivity contribution is -0.123. The van der Waals surface area contributed by atoms with Crippen molar-refractivity contribution in [1.29, 1.82) is 0 Å². The van der Waals surface area contributed by atoms with Gasteiger partial charge in [-0.2, -0.15) is 0 Å². The maximum Gasteiger partial charge on any atom is 0.258 e. The Labute approximate surface area is 156 Å². The predicted octanol–water partition coefficient (Wildman–Crippen LogP) is 3.47. The number of carbonyl (C=O) groups is 2. The number of amides is 2. The van der Waals surface area contributed by atoms with E-state index in [9.17, 15) is 14.7 Å². The summed E-state index contributed by atoms with van der Waals surface area (Å²) in [5.41, 5.74) is 7.01. The van der Waals surface area contributed by atoms with Gasteiger partial charge in [-0.3, -0.25) is 9.59 Å². The molecular formula is C21H32N2O3. The van der Waals surface area contributed by atoms with Gasteiger partial charge in [0.2, 0.25) is 5.91 Å². The molecule has 0 aliphatic carbocycles. The molecule has 0 bridgehead atoms. The van der Waals surface area contributed by atoms with Crippen LogP contribution in [0.3, 0.4) is 0 Å². The fourth-order valence-electron chi connectivity index (χ4n) is 3.43. The summed E-state index contributed by atoms with van der Waals surface area (Å²) >= 11 is 0. The topological polar surface area (TPSA) is 83.6 Å². The smallest absolute Gasteiger partial charge is 0.258 e. The van der Waals surface area contributed by atoms with Gasteiger partial charge < -0.3 is 15.7 Å². The van der Waals surface area contributed by atoms with E-state index in [0.717, 1.165) is 24.0 Å². The molecule has 5 nitrogen and oxygen atoms in total. The summed E-state index contributed by atoms with van der Waals surface area (Å²) in [6, 6.07) is 3.14. The second kappa shape index (κ2) is 6.93. The van der Waals surface area contributed by atoms with Crippen LogP contribution in [0.5, 0.6) is 5.75 Å². The number of carbonyl (C=O) groups excluding carboxylic acids is 2. The monoisotopic (exact) mass is 360 g/mol. The minimum atomic E-state index is -0.605. The summed E-state index contributed by atoms with van der Waals surface area (Å²) in [5.74, 6) is -0.799. The van der Waals surface area contributed by atoms with Crippen LogP contribution >= 0.6 is 0 Å². The average molecular weight is 360 g/mol. The van der Waals surface area contributed by atoms with Crippen molar-refractivity contribution in [3.05, 3.63) is 28.8 Å². The highest BCUT2D eigenvalue weighted by Gasteiger charge is 2.34. The molecule has 1 atom stereocenters. The number of primary amides is 1. The normalized spacial score (nSPS) is 18.7. The van der Waals surface area contributed by atoms with Crippen molar-refractivity contribution < 1.29 is 14.7 Å². The quantitative estimate of drug-likeness (QED) is 0.847. The molecule has 1 saturated heterocycles. The van der Waals surface area contributed by atoms with E-state index in [2.05, 4.69) is 20.8 Å². The van der Waals surface area contributed by atoms with E-state index in [0.29, 0.717) is 13.0 Å². The molecule has 1 aliphatic rings. The zero-order valence-electron chi connectivity index (χ0n) is 16.8. The van der Waals surface area contributed by atoms with E-state index >= 15 is 0 Å². The van der Waals surface area contributed by atoms with E-state index in [1.807, 2.05) is 26.8 Å². The van der Waals surface area contributed by atoms with Gasteiger partial charge in [0.25, 0.3) is 5.91 Å². The number of hydrogen-bond acceptors (Lipinski definition) is 3. The van der Waals surface area contributed by atoms with Crippen molar-refractivity contribution in [2.24, 2.45) is 5.73 Å². The lowest BCUT2D eigenvalue weighted by Crippen LogP contribution is -2.50. The third-order valence-corrected chi connectivity index (χ3v) is 5.11. The molecule has 0 radical (unpaired) electrons. The van der Waals surface area contributed by atoms with Gasteiger partial charge in [-0.05, 0) is 41.7 Å². The fourth-order valence-corrected chi connectivity index (χ4v) is 3.43. The Morgan fingerprint density at radius 3 is 2.19 bits per heavy atom. The van der Waals surface area contributed by atoms with Gasteiger partial charge in [-0.25, -0.2) is 0 Å². The highest BCUT2D eigenvalue weighted by Crippen LogP contribution is 2.38. The molecule has 0 saturated carbocycles. The van der Waals surface area contributed by atoms with Crippen LogP contribution in [0.1, 0.15) is 82.3 Å². The Morgan fingerprint density at radius 2 is 1.69 bits per heavy atom. The van der Waals surface area contributed by atoms with E-state index < -0.39 is 11.9 Å². The lowest BCUT2D eigenvalue weighted by Gasteiger charge is -2.35. The molecule has 1 aromatic rings. The van der Waals surface area contributed by atoms with Crippen molar-refractivity contribution >= 4 is 11.8 Å². The molecule has 1 aliphatic heterocycles. The molecular weight excluding hydrogens is 328 g/mol. The molecule has 1 aromatic carbocycles. The molecule has 3 N–H and O–H groups in total. The maximum absolute atomic E-state index is 13.3. The van der Waals surface area contributed by atoms with Crippen molar-refractivity contribution in [1.82, 2.24) is 4.90 Å². The third kappa shape index (κ3) is 4.02. The van der Waals surface area contributed by atoms with Gasteiger partial charge in [-0.15, -0.1) is 0 Å². The van der Waals surface area contributed by atoms with Crippen LogP contribution < -0.4 is 5.73 Å². The van der Waals surface area contributed by atoms with Crippen molar-refractivity contribution in [3.8, 4) is 5.75 Å². The molecule has 0 spiro atoms. The first-order chi connectivity index (χ1) is 11.8. The number of benzene rings is 1. The number of nitrogens with two attached hydrogens (primary N) is 1. The SMILES string of the molecule is CC(C)(C)c1cc(C(=O)N2CCCCC2C(N)=O)c(O)c(C(C)(C)C)c1. The molecule has 5 heteroatoms. The first-order valence-electron chi connectivity index (χ1n) is 9.32. The van der Waals surface area contributed by atoms with E-state index in [4.69, 9.17) is 5.73 Å². The highest BCUT2D eigenvalue weighted by atomic mass is 16.3. The molecule has 0 aromatic heterocycles. The van der Waals surface area contributed by atoms with Gasteiger partial charge in [0.15, 0.2) is 0 Å². The Kier molecular flexibility index (Phi) is 5.41. The van der Waals surface area contributed by atoms with Crippen molar-refractivity contribution in [2.75, 3.05) is 6.54 Å². The van der Waals surface area contributed by atoms with E-state index in [1.54, 1.807) is 6.07 Å². The fraction of sp³-hybridized carbons (Fsp3) is 0.619. The first-order valence-corrected chi connectivity index (χ1v) is 9.32. The lowest BCUT2D eigenvalue weighted by atomic mass is 9.78. The Morgan fingerprint density at radius 1 is 1.08 bits per heavy atom. The van der Waals surface area contributed by atoms with Crippen LogP contribution in [0.15, 0.2) is 12.1 Å². The number of hydrogen-bond donors (Lipinski definition) is 2. The second-order valence-electron chi connectivity index (χ2n) is 9.33. The minimum Gasteiger partial charge on any atom is -0.507 e. The first kappa shape index (κ1) is 20.3. The largest absolute Gasteiger partial charge is 0.507 e. The summed E-state index contributed by atoms with van der Waals surface area (Å²) in [5, 5.41) is 10.9. The molecule has 26 heavy (non-hydrogen) atoms. The Hall–Kier alpha value is -2.04. The second-order valence-corrected chi connectivity index (χ2v) is 9.33. The van der Waals surface area contributed by atoms with Crippen LogP contribution in [-0.2, 0) is 15.6 Å². The van der Waals surface area contributed by atoms with Crippen LogP contribution in [0, 0.1) is 0 Å². The summed E-state index contributed by atoms with van der Waals surface area (Å²) in [6.45, 7) is 12.7. The van der Waals surface area contributed by atoms with Crippen LogP contribution in [0.2, 0.25) is 0 Å². The molecule has 1 fully saturated rings. The van der Waals surface area contributed by atoms with Crippen molar-refractivity contribution in [2.45, 2.75) is 77.7 Å². The average Bonchev–Trinajstić information content (AvgIpc) is 2.52. The zero-order valence-corrected chi connectivity index (χ0v) is 16.8. The van der Waals surface area contributed by atoms with E-state index in [1.165, 1.54) is 4.90 Å². The number of aromatic hydroxyl groups is 1. The number of rotatable bonds is 2. The summed E-state index contributed by atoms with van der Waals surface area (Å²) in [4.78, 5) is 26.6. The number of phenolic OH excluding ortho intramolecular Hbond substituents is 1. The number of likely N-dealkylation sites (tertiary alicyclic amines) is 1. The Bertz CT molecular complexity index is 711. The van der Waals surface area contributed by atoms with Gasteiger partial charge >= 0.3 is 0 Å². The number of nitrogens with zero attached hydrogens (tertiary/aromatic N) is 1. The molecule has 144 valence electrons.